The summed E-state index contributed by atoms with van der Waals surface area (Å²) < 4.78 is 5.13. The third-order valence-corrected chi connectivity index (χ3v) is 2.21. The van der Waals surface area contributed by atoms with Crippen LogP contribution < -0.4 is 5.73 Å². The zero-order chi connectivity index (χ0) is 8.85. The highest BCUT2D eigenvalue weighted by atomic mass is 32.1. The van der Waals surface area contributed by atoms with Gasteiger partial charge in [-0.3, -0.25) is 0 Å². The van der Waals surface area contributed by atoms with Gasteiger partial charge in [-0.25, -0.2) is 0 Å². The van der Waals surface area contributed by atoms with Crippen LogP contribution in [-0.4, -0.2) is 17.7 Å². The molecule has 2 atom stereocenters. The minimum absolute atomic E-state index is 0.0880. The fraction of sp³-hybridized carbons (Fsp3) is 0.875. The lowest BCUT2D eigenvalue weighted by atomic mass is 10.0. The molecule has 0 bridgehead atoms. The minimum Gasteiger partial charge on any atom is -0.486 e. The number of nitrogens with two attached hydrogens (primary N) is 1. The molecule has 0 heterocycles. The molecular weight excluding hydrogens is 158 g/mol. The van der Waals surface area contributed by atoms with E-state index in [9.17, 15) is 0 Å². The van der Waals surface area contributed by atoms with Crippen LogP contribution in [0, 0.1) is 5.92 Å². The molecule has 0 aliphatic heterocycles. The number of hydrogen-bond donors (Lipinski definition) is 1. The molecule has 2 N–H and O–H groups in total. The average molecular weight is 175 g/mol. The predicted octanol–water partition coefficient (Wildman–Crippen LogP) is 1.72. The molecule has 0 aromatic heterocycles. The molecule has 0 fully saturated rings. The maximum Gasteiger partial charge on any atom is 0.176 e. The molecule has 0 rings (SSSR count). The monoisotopic (exact) mass is 175 g/mol. The van der Waals surface area contributed by atoms with E-state index in [1.165, 1.54) is 0 Å². The fourth-order valence-electron chi connectivity index (χ4n) is 0.725. The molecule has 0 amide bonds. The second kappa shape index (κ2) is 5.49. The summed E-state index contributed by atoms with van der Waals surface area (Å²) in [5, 5.41) is 0.543. The van der Waals surface area contributed by atoms with Crippen molar-refractivity contribution in [1.29, 1.82) is 0 Å². The Kier molecular flexibility index (Phi) is 5.42. The topological polar surface area (TPSA) is 35.2 Å². The summed E-state index contributed by atoms with van der Waals surface area (Å²) in [5.41, 5.74) is 5.79. The van der Waals surface area contributed by atoms with E-state index in [1.54, 1.807) is 0 Å². The lowest BCUT2D eigenvalue weighted by Crippen LogP contribution is -2.36. The Labute approximate surface area is 74.1 Å². The van der Waals surface area contributed by atoms with Gasteiger partial charge in [-0.15, -0.1) is 0 Å². The third kappa shape index (κ3) is 3.68. The Balaban J connectivity index is 3.80. The Morgan fingerprint density at radius 1 is 1.55 bits per heavy atom. The van der Waals surface area contributed by atoms with Gasteiger partial charge in [0.15, 0.2) is 5.05 Å². The second-order valence-electron chi connectivity index (χ2n) is 2.66. The van der Waals surface area contributed by atoms with Crippen molar-refractivity contribution in [2.45, 2.75) is 33.2 Å². The van der Waals surface area contributed by atoms with Crippen LogP contribution in [0.5, 0.6) is 0 Å². The van der Waals surface area contributed by atoms with Gasteiger partial charge in [0.05, 0.1) is 12.6 Å². The van der Waals surface area contributed by atoms with Crippen molar-refractivity contribution in [1.82, 2.24) is 0 Å². The molecule has 11 heavy (non-hydrogen) atoms. The van der Waals surface area contributed by atoms with E-state index in [0.29, 0.717) is 17.6 Å². The normalized spacial score (nSPS) is 15.6. The van der Waals surface area contributed by atoms with Gasteiger partial charge in [-0.1, -0.05) is 20.3 Å². The first-order valence-corrected chi connectivity index (χ1v) is 4.46. The zero-order valence-electron chi connectivity index (χ0n) is 7.46. The minimum atomic E-state index is -0.0880. The van der Waals surface area contributed by atoms with Crippen LogP contribution in [0.15, 0.2) is 0 Å². The van der Waals surface area contributed by atoms with Crippen molar-refractivity contribution >= 4 is 17.3 Å². The molecule has 0 aromatic rings. The van der Waals surface area contributed by atoms with Gasteiger partial charge in [0.1, 0.15) is 0 Å². The molecular formula is C8H17NOS. The molecule has 0 saturated carbocycles. The van der Waals surface area contributed by atoms with E-state index in [-0.39, 0.29) is 6.04 Å². The van der Waals surface area contributed by atoms with Gasteiger partial charge < -0.3 is 10.5 Å². The standard InChI is InChI=1S/C8H17NOS/c1-4-6(3)7(9)8(11)10-5-2/h6-7H,4-5,9H2,1-3H3. The summed E-state index contributed by atoms with van der Waals surface area (Å²) in [6, 6.07) is -0.0880. The molecule has 3 heteroatoms. The van der Waals surface area contributed by atoms with Gasteiger partial charge >= 0.3 is 0 Å². The van der Waals surface area contributed by atoms with Crippen LogP contribution >= 0.6 is 12.2 Å². The molecule has 0 spiro atoms. The van der Waals surface area contributed by atoms with Crippen molar-refractivity contribution in [3.8, 4) is 0 Å². The quantitative estimate of drug-likeness (QED) is 0.661. The van der Waals surface area contributed by atoms with Gasteiger partial charge in [0.25, 0.3) is 0 Å². The maximum absolute atomic E-state index is 5.79. The summed E-state index contributed by atoms with van der Waals surface area (Å²) >= 11 is 4.97. The number of thiocarbonyl (C=S) groups is 1. The van der Waals surface area contributed by atoms with Crippen LogP contribution in [0.2, 0.25) is 0 Å². The van der Waals surface area contributed by atoms with Crippen molar-refractivity contribution in [2.24, 2.45) is 11.7 Å². The molecule has 0 radical (unpaired) electrons. The third-order valence-electron chi connectivity index (χ3n) is 1.82. The first kappa shape index (κ1) is 10.8. The molecule has 0 aliphatic rings. The average Bonchev–Trinajstić information content (AvgIpc) is 2.02. The van der Waals surface area contributed by atoms with Crippen molar-refractivity contribution in [3.05, 3.63) is 0 Å². The van der Waals surface area contributed by atoms with E-state index in [4.69, 9.17) is 22.7 Å². The van der Waals surface area contributed by atoms with E-state index < -0.39 is 0 Å². The van der Waals surface area contributed by atoms with E-state index in [2.05, 4.69) is 13.8 Å². The molecule has 2 nitrogen and oxygen atoms in total. The molecule has 66 valence electrons. The highest BCUT2D eigenvalue weighted by Crippen LogP contribution is 2.07. The van der Waals surface area contributed by atoms with E-state index in [1.807, 2.05) is 6.92 Å². The van der Waals surface area contributed by atoms with Gasteiger partial charge in [0.2, 0.25) is 0 Å². The molecule has 2 unspecified atom stereocenters. The maximum atomic E-state index is 5.79. The van der Waals surface area contributed by atoms with Crippen LogP contribution in [0.4, 0.5) is 0 Å². The first-order valence-electron chi connectivity index (χ1n) is 4.05. The van der Waals surface area contributed by atoms with Gasteiger partial charge in [-0.05, 0) is 25.1 Å². The highest BCUT2D eigenvalue weighted by molar-refractivity contribution is 7.80. The smallest absolute Gasteiger partial charge is 0.176 e. The van der Waals surface area contributed by atoms with E-state index in [0.717, 1.165) is 6.42 Å². The van der Waals surface area contributed by atoms with Crippen molar-refractivity contribution in [3.63, 3.8) is 0 Å². The van der Waals surface area contributed by atoms with E-state index >= 15 is 0 Å². The van der Waals surface area contributed by atoms with Crippen LogP contribution in [0.25, 0.3) is 0 Å². The van der Waals surface area contributed by atoms with Gasteiger partial charge in [-0.2, -0.15) is 0 Å². The SMILES string of the molecule is CCOC(=S)C(N)C(C)CC. The Bertz CT molecular complexity index is 127. The molecule has 0 saturated heterocycles. The predicted molar refractivity (Wildman–Crippen MR) is 51.7 cm³/mol. The summed E-state index contributed by atoms with van der Waals surface area (Å²) in [5.74, 6) is 0.411. The largest absolute Gasteiger partial charge is 0.486 e. The van der Waals surface area contributed by atoms with Crippen LogP contribution in [0.1, 0.15) is 27.2 Å². The Morgan fingerprint density at radius 3 is 2.45 bits per heavy atom. The van der Waals surface area contributed by atoms with Gasteiger partial charge in [0, 0.05) is 0 Å². The highest BCUT2D eigenvalue weighted by Gasteiger charge is 2.16. The van der Waals surface area contributed by atoms with Crippen LogP contribution in [0.3, 0.4) is 0 Å². The lowest BCUT2D eigenvalue weighted by Gasteiger charge is -2.18. The Hall–Kier alpha value is -0.150. The number of hydrogen-bond acceptors (Lipinski definition) is 3. The summed E-state index contributed by atoms with van der Waals surface area (Å²) in [4.78, 5) is 0. The first-order chi connectivity index (χ1) is 5.13. The summed E-state index contributed by atoms with van der Waals surface area (Å²) in [6.07, 6.45) is 1.04. The van der Waals surface area contributed by atoms with Crippen molar-refractivity contribution < 1.29 is 4.74 Å². The zero-order valence-corrected chi connectivity index (χ0v) is 8.28. The summed E-state index contributed by atoms with van der Waals surface area (Å²) in [7, 11) is 0. The summed E-state index contributed by atoms with van der Waals surface area (Å²) in [6.45, 7) is 6.70. The lowest BCUT2D eigenvalue weighted by molar-refractivity contribution is 0.308. The van der Waals surface area contributed by atoms with Crippen LogP contribution in [-0.2, 0) is 4.74 Å². The molecule has 0 aromatic carbocycles. The Morgan fingerprint density at radius 2 is 2.09 bits per heavy atom. The number of rotatable bonds is 4. The molecule has 0 aliphatic carbocycles. The fourth-order valence-corrected chi connectivity index (χ4v) is 1.07. The second-order valence-corrected chi connectivity index (χ2v) is 3.07. The van der Waals surface area contributed by atoms with Crippen molar-refractivity contribution in [2.75, 3.05) is 6.61 Å². The number of ether oxygens (including phenoxy) is 1.